The summed E-state index contributed by atoms with van der Waals surface area (Å²) < 4.78 is 21.8. The Hall–Kier alpha value is -4.42. The highest BCUT2D eigenvalue weighted by Gasteiger charge is 2.43. The van der Waals surface area contributed by atoms with Gasteiger partial charge < -0.3 is 14.2 Å². The molecule has 0 aromatic heterocycles. The summed E-state index contributed by atoms with van der Waals surface area (Å²) in [6, 6.07) is 37.8. The lowest BCUT2D eigenvalue weighted by Gasteiger charge is -2.40. The molecule has 3 aliphatic rings. The largest absolute Gasteiger partial charge is 0.456 e. The molecule has 0 saturated carbocycles. The van der Waals surface area contributed by atoms with Gasteiger partial charge in [0.05, 0.1) is 0 Å². The van der Waals surface area contributed by atoms with Gasteiger partial charge in [0, 0.05) is 48.4 Å². The summed E-state index contributed by atoms with van der Waals surface area (Å²) in [5.74, 6) is 5.88. The maximum absolute atomic E-state index is 7.89. The maximum atomic E-state index is 7.89. The van der Waals surface area contributed by atoms with Crippen molar-refractivity contribution in [1.29, 1.82) is 0 Å². The lowest BCUT2D eigenvalue weighted by Crippen LogP contribution is -2.35. The topological polar surface area (TPSA) is 27.7 Å². The summed E-state index contributed by atoms with van der Waals surface area (Å²) in [4.78, 5) is 0. The molecular weight excluding hydrogens is 891 g/mol. The first-order valence-electron chi connectivity index (χ1n) is 26.2. The third kappa shape index (κ3) is 10.8. The van der Waals surface area contributed by atoms with Gasteiger partial charge in [0.1, 0.15) is 34.5 Å². The van der Waals surface area contributed by atoms with E-state index in [2.05, 4.69) is 208 Å². The molecule has 3 nitrogen and oxygen atoms in total. The molecule has 70 heavy (non-hydrogen) atoms. The van der Waals surface area contributed by atoms with Crippen molar-refractivity contribution in [3.8, 4) is 34.5 Å². The summed E-state index contributed by atoms with van der Waals surface area (Å²) >= 11 is 0. The van der Waals surface area contributed by atoms with E-state index in [1.807, 2.05) is 0 Å². The summed E-state index contributed by atoms with van der Waals surface area (Å²) in [5, 5.41) is 7.69. The van der Waals surface area contributed by atoms with Gasteiger partial charge in [-0.25, -0.2) is 0 Å². The van der Waals surface area contributed by atoms with Crippen molar-refractivity contribution >= 4 is 47.7 Å². The lowest BCUT2D eigenvalue weighted by molar-refractivity contribution is 0.378. The zero-order chi connectivity index (χ0) is 50.3. The molecule has 0 unspecified atom stereocenters. The van der Waals surface area contributed by atoms with Crippen LogP contribution in [-0.4, -0.2) is 0 Å². The summed E-state index contributed by atoms with van der Waals surface area (Å²) in [6.07, 6.45) is 8.56. The number of fused-ring (bicyclic) bond motifs is 6. The predicted octanol–water partition coefficient (Wildman–Crippen LogP) is 16.4. The normalized spacial score (nSPS) is 15.4. The summed E-state index contributed by atoms with van der Waals surface area (Å²) in [6.45, 7) is 37.6. The van der Waals surface area contributed by atoms with Crippen LogP contribution in [0.5, 0.6) is 34.5 Å². The van der Waals surface area contributed by atoms with Gasteiger partial charge in [0.25, 0.3) is 0 Å². The van der Waals surface area contributed by atoms with Gasteiger partial charge in [-0.15, -0.1) is 0 Å². The molecule has 6 aromatic rings. The lowest BCUT2D eigenvalue weighted by atomic mass is 9.75. The first kappa shape index (κ1) is 50.5. The molecule has 5 heteroatoms. The third-order valence-electron chi connectivity index (χ3n) is 14.6. The highest BCUT2D eigenvalue weighted by molar-refractivity contribution is 7.81. The Kier molecular flexibility index (Phi) is 13.4. The molecule has 0 saturated heterocycles. The number of hydrogen-bond acceptors (Lipinski definition) is 3. The van der Waals surface area contributed by atoms with Crippen LogP contribution in [-0.2, 0) is 31.1 Å². The fourth-order valence-electron chi connectivity index (χ4n) is 10.2. The van der Waals surface area contributed by atoms with Crippen LogP contribution in [0.1, 0.15) is 167 Å². The zero-order valence-corrected chi connectivity index (χ0v) is 47.3. The van der Waals surface area contributed by atoms with Gasteiger partial charge >= 0.3 is 0 Å². The highest BCUT2D eigenvalue weighted by atomic mass is 31.1. The molecule has 3 heterocycles. The van der Waals surface area contributed by atoms with Crippen LogP contribution in [0.25, 0.3) is 0 Å². The van der Waals surface area contributed by atoms with E-state index in [9.17, 15) is 0 Å². The molecule has 3 aliphatic heterocycles. The average molecular weight is 971 g/mol. The first-order chi connectivity index (χ1) is 32.7. The van der Waals surface area contributed by atoms with Crippen LogP contribution in [0.4, 0.5) is 0 Å². The number of benzene rings is 6. The average Bonchev–Trinajstić information content (AvgIpc) is 3.26. The van der Waals surface area contributed by atoms with E-state index < -0.39 is 15.8 Å². The number of rotatable bonds is 10. The van der Waals surface area contributed by atoms with Crippen molar-refractivity contribution in [2.75, 3.05) is 0 Å². The van der Waals surface area contributed by atoms with Crippen molar-refractivity contribution in [3.63, 3.8) is 0 Å². The first-order valence-corrected chi connectivity index (χ1v) is 28.8. The van der Waals surface area contributed by atoms with Gasteiger partial charge in [-0.3, -0.25) is 0 Å². The fraction of sp³-hybridized carbons (Fsp3) is 0.446. The Balaban J connectivity index is 1.25. The molecule has 0 aliphatic carbocycles. The van der Waals surface area contributed by atoms with Gasteiger partial charge in [-0.2, -0.15) is 0 Å². The standard InChI is InChI=1S/C65H80O3P2/c1-41-33-47-59(57(35-41)69-53-37-43(25-29-61(3,4)5)17-21-49(53)66-50-22-18-44(38-54(50)69)26-30-62(6,7)8)68-60-48(65(47,15)16)34-42(2)36-58(60)70-55-39-45(27-31-63(9,10)11)19-23-51(55)67-52-24-20-46(40-56(52)70)28-32-64(12,13)14/h17-24,33-40H,25-32H2,1-16H3. The second kappa shape index (κ2) is 18.6. The molecule has 0 fully saturated rings. The van der Waals surface area contributed by atoms with Gasteiger partial charge in [-0.1, -0.05) is 133 Å². The Morgan fingerprint density at radius 1 is 0.357 bits per heavy atom. The Labute approximate surface area is 425 Å². The zero-order valence-electron chi connectivity index (χ0n) is 45.5. The van der Waals surface area contributed by atoms with Crippen LogP contribution in [0, 0.1) is 35.5 Å². The monoisotopic (exact) mass is 971 g/mol. The molecule has 9 rings (SSSR count). The second-order valence-electron chi connectivity index (χ2n) is 26.4. The Morgan fingerprint density at radius 2 is 0.629 bits per heavy atom. The Bertz CT molecular complexity index is 2630. The quantitative estimate of drug-likeness (QED) is 0.128. The minimum atomic E-state index is -1.09. The van der Waals surface area contributed by atoms with E-state index in [1.54, 1.807) is 0 Å². The van der Waals surface area contributed by atoms with Crippen molar-refractivity contribution in [2.45, 2.75) is 168 Å². The molecule has 368 valence electrons. The highest BCUT2D eigenvalue weighted by Crippen LogP contribution is 2.56. The second-order valence-corrected chi connectivity index (χ2v) is 30.6. The molecule has 0 bridgehead atoms. The van der Waals surface area contributed by atoms with Crippen LogP contribution in [0.2, 0.25) is 0 Å². The van der Waals surface area contributed by atoms with E-state index in [4.69, 9.17) is 14.2 Å². The summed E-state index contributed by atoms with van der Waals surface area (Å²) in [7, 11) is -2.17. The molecule has 0 N–H and O–H groups in total. The molecule has 0 spiro atoms. The van der Waals surface area contributed by atoms with E-state index in [-0.39, 0.29) is 27.1 Å². The number of ether oxygens (including phenoxy) is 3. The molecule has 6 aromatic carbocycles. The fourth-order valence-corrected chi connectivity index (χ4v) is 15.7. The predicted molar refractivity (Wildman–Crippen MR) is 303 cm³/mol. The minimum Gasteiger partial charge on any atom is -0.456 e. The van der Waals surface area contributed by atoms with Crippen molar-refractivity contribution in [2.24, 2.45) is 21.7 Å². The van der Waals surface area contributed by atoms with Crippen molar-refractivity contribution < 1.29 is 14.2 Å². The smallest absolute Gasteiger partial charge is 0.139 e. The number of hydrogen-bond donors (Lipinski definition) is 0. The molecular formula is C65H80O3P2. The van der Waals surface area contributed by atoms with Gasteiger partial charge in [0.15, 0.2) is 0 Å². The van der Waals surface area contributed by atoms with Crippen molar-refractivity contribution in [1.82, 2.24) is 0 Å². The van der Waals surface area contributed by atoms with Crippen LogP contribution >= 0.6 is 15.8 Å². The van der Waals surface area contributed by atoms with E-state index in [0.29, 0.717) is 0 Å². The molecule has 0 atom stereocenters. The van der Waals surface area contributed by atoms with Gasteiger partial charge in [-0.05, 0) is 197 Å². The van der Waals surface area contributed by atoms with E-state index >= 15 is 0 Å². The Morgan fingerprint density at radius 3 is 0.886 bits per heavy atom. The van der Waals surface area contributed by atoms with Crippen molar-refractivity contribution in [3.05, 3.63) is 142 Å². The minimum absolute atomic E-state index is 0.235. The number of aryl methyl sites for hydroxylation is 6. The van der Waals surface area contributed by atoms with Crippen LogP contribution in [0.3, 0.4) is 0 Å². The molecule has 0 amide bonds. The SMILES string of the molecule is Cc1cc(P2c3cc(CCC(C)(C)C)ccc3Oc3ccc(CCC(C)(C)C)cc32)c2c(c1)C(C)(C)c1cc(C)cc(P3c4cc(CCC(C)(C)C)ccc4Oc4ccc(CCC(C)(C)C)cc43)c1O2. The summed E-state index contributed by atoms with van der Waals surface area (Å²) in [5.41, 5.74) is 11.1. The van der Waals surface area contributed by atoms with Gasteiger partial charge in [0.2, 0.25) is 0 Å². The molecule has 0 radical (unpaired) electrons. The van der Waals surface area contributed by atoms with E-state index in [0.717, 1.165) is 85.9 Å². The van der Waals surface area contributed by atoms with E-state index in [1.165, 1.54) is 76.3 Å². The van der Waals surface area contributed by atoms with Crippen LogP contribution in [0.15, 0.2) is 97.1 Å². The maximum Gasteiger partial charge on any atom is 0.139 e. The third-order valence-corrected chi connectivity index (χ3v) is 19.6. The van der Waals surface area contributed by atoms with Crippen LogP contribution < -0.4 is 46.0 Å².